The van der Waals surface area contributed by atoms with Crippen molar-refractivity contribution in [1.82, 2.24) is 0 Å². The standard InChI is InChI=1S/C8H4ClF6P/c9-16(8(13,14)15)6-3-1-5(2-4-6)7(10,11)12/h1-4H. The quantitative estimate of drug-likeness (QED) is 0.525. The predicted octanol–water partition coefficient (Wildman–Crippen LogP) is 4.49. The molecular formula is C8H4ClF6P. The minimum absolute atomic E-state index is 0.350. The Morgan fingerprint density at radius 1 is 0.875 bits per heavy atom. The van der Waals surface area contributed by atoms with Crippen molar-refractivity contribution >= 4 is 23.8 Å². The number of alkyl halides is 6. The van der Waals surface area contributed by atoms with Gasteiger partial charge in [-0.05, 0) is 17.4 Å². The molecule has 8 heteroatoms. The van der Waals surface area contributed by atoms with E-state index < -0.39 is 24.9 Å². The summed E-state index contributed by atoms with van der Waals surface area (Å²) in [6.07, 6.45) is -4.56. The van der Waals surface area contributed by atoms with Crippen molar-refractivity contribution in [3.05, 3.63) is 29.8 Å². The molecule has 0 bridgehead atoms. The third-order valence-electron chi connectivity index (χ3n) is 1.64. The van der Waals surface area contributed by atoms with Gasteiger partial charge in [-0.25, -0.2) is 0 Å². The van der Waals surface area contributed by atoms with Crippen LogP contribution in [0.5, 0.6) is 0 Å². The predicted molar refractivity (Wildman–Crippen MR) is 49.9 cm³/mol. The number of halogens is 7. The average molecular weight is 281 g/mol. The Morgan fingerprint density at radius 3 is 1.62 bits per heavy atom. The summed E-state index contributed by atoms with van der Waals surface area (Å²) in [4.78, 5) is 0. The first-order chi connectivity index (χ1) is 7.12. The van der Waals surface area contributed by atoms with Crippen molar-refractivity contribution in [2.24, 2.45) is 0 Å². The molecule has 0 nitrogen and oxygen atoms in total. The fourth-order valence-corrected chi connectivity index (χ4v) is 1.97. The second-order valence-corrected chi connectivity index (χ2v) is 5.39. The SMILES string of the molecule is FC(F)(F)c1ccc(P(Cl)C(F)(F)F)cc1. The van der Waals surface area contributed by atoms with Gasteiger partial charge in [-0.3, -0.25) is 0 Å². The van der Waals surface area contributed by atoms with Crippen molar-refractivity contribution < 1.29 is 26.3 Å². The second kappa shape index (κ2) is 4.41. The maximum absolute atomic E-state index is 12.1. The van der Waals surface area contributed by atoms with Crippen LogP contribution in [0.15, 0.2) is 24.3 Å². The Kier molecular flexibility index (Phi) is 3.75. The molecule has 0 aliphatic heterocycles. The van der Waals surface area contributed by atoms with E-state index in [2.05, 4.69) is 0 Å². The molecule has 0 spiro atoms. The maximum atomic E-state index is 12.1. The van der Waals surface area contributed by atoms with Crippen LogP contribution in [0.1, 0.15) is 5.56 Å². The Labute approximate surface area is 92.7 Å². The van der Waals surface area contributed by atoms with Crippen LogP contribution in [0.3, 0.4) is 0 Å². The summed E-state index contributed by atoms with van der Waals surface area (Å²) >= 11 is 5.11. The van der Waals surface area contributed by atoms with E-state index in [-0.39, 0.29) is 5.30 Å². The first kappa shape index (κ1) is 13.6. The smallest absolute Gasteiger partial charge is 0.166 e. The van der Waals surface area contributed by atoms with Crippen LogP contribution in [0.4, 0.5) is 26.3 Å². The zero-order valence-corrected chi connectivity index (χ0v) is 9.05. The fraction of sp³-hybridized carbons (Fsp3) is 0.250. The van der Waals surface area contributed by atoms with Crippen LogP contribution in [-0.2, 0) is 6.18 Å². The molecule has 0 amide bonds. The lowest BCUT2D eigenvalue weighted by molar-refractivity contribution is -0.137. The molecule has 16 heavy (non-hydrogen) atoms. The van der Waals surface area contributed by atoms with E-state index in [0.717, 1.165) is 12.1 Å². The molecule has 1 atom stereocenters. The molecule has 0 aliphatic carbocycles. The molecule has 0 aromatic heterocycles. The summed E-state index contributed by atoms with van der Waals surface area (Å²) in [5, 5.41) is -0.350. The molecule has 0 heterocycles. The summed E-state index contributed by atoms with van der Waals surface area (Å²) in [5.41, 5.74) is -1.00. The minimum Gasteiger partial charge on any atom is -0.166 e. The normalized spacial score (nSPS) is 14.9. The zero-order valence-electron chi connectivity index (χ0n) is 7.40. The summed E-state index contributed by atoms with van der Waals surface area (Å²) in [6.45, 7) is 0. The summed E-state index contributed by atoms with van der Waals surface area (Å²) in [5.74, 6) is -4.61. The molecule has 1 aromatic rings. The van der Waals surface area contributed by atoms with Gasteiger partial charge in [-0.1, -0.05) is 23.4 Å². The monoisotopic (exact) mass is 280 g/mol. The molecule has 0 aliphatic rings. The molecule has 0 radical (unpaired) electrons. The zero-order chi connectivity index (χ0) is 12.6. The Bertz CT molecular complexity index is 354. The highest BCUT2D eigenvalue weighted by atomic mass is 35.7. The average Bonchev–Trinajstić information content (AvgIpc) is 2.14. The highest BCUT2D eigenvalue weighted by Crippen LogP contribution is 2.56. The third kappa shape index (κ3) is 3.25. The number of hydrogen-bond donors (Lipinski definition) is 0. The first-order valence-corrected chi connectivity index (χ1v) is 6.07. The van der Waals surface area contributed by atoms with Gasteiger partial charge in [0.05, 0.1) is 5.56 Å². The highest BCUT2D eigenvalue weighted by molar-refractivity contribution is 7.90. The lowest BCUT2D eigenvalue weighted by Gasteiger charge is -2.14. The molecule has 1 rings (SSSR count). The van der Waals surface area contributed by atoms with E-state index in [1.165, 1.54) is 0 Å². The Hall–Kier alpha value is -0.480. The van der Waals surface area contributed by atoms with Crippen LogP contribution in [-0.4, -0.2) is 5.92 Å². The third-order valence-corrected chi connectivity index (χ3v) is 4.00. The molecule has 0 saturated heterocycles. The van der Waals surface area contributed by atoms with E-state index >= 15 is 0 Å². The molecule has 90 valence electrons. The van der Waals surface area contributed by atoms with Gasteiger partial charge in [0.1, 0.15) is 7.27 Å². The van der Waals surface area contributed by atoms with Crippen molar-refractivity contribution in [2.75, 3.05) is 0 Å². The molecule has 0 fully saturated rings. The number of rotatable bonds is 1. The first-order valence-electron chi connectivity index (χ1n) is 3.82. The number of hydrogen-bond acceptors (Lipinski definition) is 0. The topological polar surface area (TPSA) is 0 Å². The molecule has 0 saturated carbocycles. The van der Waals surface area contributed by atoms with Crippen molar-refractivity contribution in [3.63, 3.8) is 0 Å². The minimum atomic E-state index is -4.61. The van der Waals surface area contributed by atoms with E-state index in [9.17, 15) is 26.3 Å². The van der Waals surface area contributed by atoms with Gasteiger partial charge in [-0.2, -0.15) is 26.3 Å². The van der Waals surface area contributed by atoms with Crippen LogP contribution in [0.25, 0.3) is 0 Å². The van der Waals surface area contributed by atoms with Crippen molar-refractivity contribution in [3.8, 4) is 0 Å². The van der Waals surface area contributed by atoms with Gasteiger partial charge >= 0.3 is 12.1 Å². The van der Waals surface area contributed by atoms with Gasteiger partial charge in [-0.15, -0.1) is 0 Å². The summed E-state index contributed by atoms with van der Waals surface area (Å²) in [7, 11) is -2.96. The largest absolute Gasteiger partial charge is 0.423 e. The van der Waals surface area contributed by atoms with Gasteiger partial charge in [0.2, 0.25) is 0 Å². The highest BCUT2D eigenvalue weighted by Gasteiger charge is 2.40. The van der Waals surface area contributed by atoms with E-state index in [4.69, 9.17) is 11.2 Å². The number of benzene rings is 1. The van der Waals surface area contributed by atoms with Crippen LogP contribution in [0, 0.1) is 0 Å². The van der Waals surface area contributed by atoms with Gasteiger partial charge in [0, 0.05) is 0 Å². The Morgan fingerprint density at radius 2 is 1.31 bits per heavy atom. The van der Waals surface area contributed by atoms with E-state index in [0.29, 0.717) is 12.1 Å². The lowest BCUT2D eigenvalue weighted by Crippen LogP contribution is -2.13. The maximum Gasteiger partial charge on any atom is 0.423 e. The molecule has 0 N–H and O–H groups in total. The van der Waals surface area contributed by atoms with Crippen molar-refractivity contribution in [2.45, 2.75) is 12.1 Å². The fourth-order valence-electron chi connectivity index (χ4n) is 0.928. The van der Waals surface area contributed by atoms with Gasteiger partial charge in [0.25, 0.3) is 0 Å². The lowest BCUT2D eigenvalue weighted by atomic mass is 10.2. The van der Waals surface area contributed by atoms with E-state index in [1.54, 1.807) is 0 Å². The summed E-state index contributed by atoms with van der Waals surface area (Å²) < 4.78 is 72.7. The van der Waals surface area contributed by atoms with Gasteiger partial charge < -0.3 is 0 Å². The van der Waals surface area contributed by atoms with Crippen molar-refractivity contribution in [1.29, 1.82) is 0 Å². The molecular weight excluding hydrogens is 277 g/mol. The summed E-state index contributed by atoms with van der Waals surface area (Å²) in [6, 6.07) is 2.65. The van der Waals surface area contributed by atoms with Gasteiger partial charge in [0.15, 0.2) is 0 Å². The van der Waals surface area contributed by atoms with E-state index in [1.807, 2.05) is 0 Å². The second-order valence-electron chi connectivity index (χ2n) is 2.79. The van der Waals surface area contributed by atoms with Crippen LogP contribution in [0.2, 0.25) is 0 Å². The van der Waals surface area contributed by atoms with Crippen LogP contribution >= 0.6 is 18.5 Å². The molecule has 1 aromatic carbocycles. The van der Waals surface area contributed by atoms with Crippen LogP contribution < -0.4 is 5.30 Å². The Balaban J connectivity index is 2.96. The molecule has 1 unspecified atom stereocenters.